The highest BCUT2D eigenvalue weighted by Crippen LogP contribution is 2.28. The predicted octanol–water partition coefficient (Wildman–Crippen LogP) is 1.21. The van der Waals surface area contributed by atoms with Gasteiger partial charge in [0.2, 0.25) is 5.91 Å². The van der Waals surface area contributed by atoms with Crippen LogP contribution in [0.4, 0.5) is 5.82 Å². The summed E-state index contributed by atoms with van der Waals surface area (Å²) in [7, 11) is 0. The Morgan fingerprint density at radius 2 is 2.30 bits per heavy atom. The number of piperidine rings is 2. The van der Waals surface area contributed by atoms with Crippen molar-refractivity contribution in [2.75, 3.05) is 18.0 Å². The van der Waals surface area contributed by atoms with E-state index < -0.39 is 0 Å². The molecule has 1 amide bonds. The monoisotopic (exact) mass is 274 g/mol. The van der Waals surface area contributed by atoms with E-state index in [1.807, 2.05) is 13.1 Å². The van der Waals surface area contributed by atoms with Crippen molar-refractivity contribution in [1.82, 2.24) is 10.3 Å². The fraction of sp³-hybridized carbons (Fsp3) is 0.600. The number of hydrogen-bond acceptors (Lipinski definition) is 4. The highest BCUT2D eigenvalue weighted by molar-refractivity contribution is 5.77. The second-order valence-electron chi connectivity index (χ2n) is 5.95. The maximum absolute atomic E-state index is 11.4. The number of anilines is 1. The summed E-state index contributed by atoms with van der Waals surface area (Å²) in [5, 5.41) is 3.11. The van der Waals surface area contributed by atoms with Crippen LogP contribution in [-0.4, -0.2) is 30.0 Å². The zero-order valence-electron chi connectivity index (χ0n) is 11.9. The molecule has 0 aromatic carbocycles. The van der Waals surface area contributed by atoms with Crippen LogP contribution in [0.5, 0.6) is 0 Å². The lowest BCUT2D eigenvalue weighted by atomic mass is 9.85. The number of nitrogens with zero attached hydrogens (tertiary/aromatic N) is 2. The molecule has 108 valence electrons. The lowest BCUT2D eigenvalue weighted by Crippen LogP contribution is -2.54. The maximum atomic E-state index is 11.4. The van der Waals surface area contributed by atoms with E-state index in [0.717, 1.165) is 37.3 Å². The summed E-state index contributed by atoms with van der Waals surface area (Å²) >= 11 is 0. The van der Waals surface area contributed by atoms with E-state index in [1.54, 1.807) is 0 Å². The van der Waals surface area contributed by atoms with Gasteiger partial charge in [0.05, 0.1) is 0 Å². The van der Waals surface area contributed by atoms with E-state index in [2.05, 4.69) is 27.3 Å². The molecular formula is C15H22N4O. The van der Waals surface area contributed by atoms with Gasteiger partial charge in [-0.2, -0.15) is 0 Å². The molecule has 2 aliphatic heterocycles. The van der Waals surface area contributed by atoms with Crippen LogP contribution in [0, 0.1) is 5.92 Å². The maximum Gasteiger partial charge on any atom is 0.220 e. The van der Waals surface area contributed by atoms with Gasteiger partial charge in [-0.3, -0.25) is 4.79 Å². The summed E-state index contributed by atoms with van der Waals surface area (Å²) in [4.78, 5) is 18.3. The first kappa shape index (κ1) is 13.4. The minimum absolute atomic E-state index is 0.0239. The van der Waals surface area contributed by atoms with Crippen LogP contribution in [0.3, 0.4) is 0 Å². The average molecular weight is 274 g/mol. The fourth-order valence-electron chi connectivity index (χ4n) is 3.17. The minimum atomic E-state index is 0.0239. The van der Waals surface area contributed by atoms with Crippen LogP contribution in [0.15, 0.2) is 18.3 Å². The van der Waals surface area contributed by atoms with Gasteiger partial charge in [0.1, 0.15) is 5.82 Å². The van der Waals surface area contributed by atoms with Gasteiger partial charge in [-0.05, 0) is 37.3 Å². The molecular weight excluding hydrogens is 252 g/mol. The normalized spacial score (nSPS) is 27.7. The summed E-state index contributed by atoms with van der Waals surface area (Å²) in [5.41, 5.74) is 6.91. The zero-order valence-corrected chi connectivity index (χ0v) is 11.9. The van der Waals surface area contributed by atoms with Crippen molar-refractivity contribution in [2.24, 2.45) is 11.7 Å². The Kier molecular flexibility index (Phi) is 3.61. The number of nitrogens with two attached hydrogens (primary N) is 1. The number of aromatic nitrogens is 1. The Morgan fingerprint density at radius 1 is 1.45 bits per heavy atom. The van der Waals surface area contributed by atoms with Gasteiger partial charge in [-0.1, -0.05) is 6.07 Å². The van der Waals surface area contributed by atoms with Crippen LogP contribution in [0.25, 0.3) is 0 Å². The molecule has 2 aliphatic rings. The third-order valence-corrected chi connectivity index (χ3v) is 4.44. The van der Waals surface area contributed by atoms with Gasteiger partial charge in [0.25, 0.3) is 0 Å². The van der Waals surface area contributed by atoms with Crippen molar-refractivity contribution in [1.29, 1.82) is 0 Å². The molecule has 5 nitrogen and oxygen atoms in total. The van der Waals surface area contributed by atoms with Crippen LogP contribution < -0.4 is 16.0 Å². The van der Waals surface area contributed by atoms with Crippen molar-refractivity contribution in [3.63, 3.8) is 0 Å². The van der Waals surface area contributed by atoms with E-state index >= 15 is 0 Å². The third-order valence-electron chi connectivity index (χ3n) is 4.44. The first-order chi connectivity index (χ1) is 9.63. The SMILES string of the molecule is CC(N)c1ccc(N2CCC3NC(=O)CCC3C2)nc1. The Morgan fingerprint density at radius 3 is 3.00 bits per heavy atom. The molecule has 1 aromatic rings. The minimum Gasteiger partial charge on any atom is -0.356 e. The van der Waals surface area contributed by atoms with Crippen LogP contribution in [0.2, 0.25) is 0 Å². The first-order valence-electron chi connectivity index (χ1n) is 7.39. The van der Waals surface area contributed by atoms with Gasteiger partial charge in [-0.25, -0.2) is 4.98 Å². The molecule has 0 saturated carbocycles. The molecule has 2 fully saturated rings. The molecule has 20 heavy (non-hydrogen) atoms. The molecule has 0 aliphatic carbocycles. The lowest BCUT2D eigenvalue weighted by Gasteiger charge is -2.41. The quantitative estimate of drug-likeness (QED) is 0.850. The van der Waals surface area contributed by atoms with E-state index in [9.17, 15) is 4.79 Å². The van der Waals surface area contributed by atoms with Crippen molar-refractivity contribution >= 4 is 11.7 Å². The molecule has 0 radical (unpaired) electrons. The third kappa shape index (κ3) is 2.63. The molecule has 0 bridgehead atoms. The number of rotatable bonds is 2. The number of hydrogen-bond donors (Lipinski definition) is 2. The van der Waals surface area contributed by atoms with E-state index in [-0.39, 0.29) is 11.9 Å². The zero-order chi connectivity index (χ0) is 14.1. The number of amides is 1. The summed E-state index contributed by atoms with van der Waals surface area (Å²) in [6.07, 6.45) is 4.53. The number of carbonyl (C=O) groups is 1. The van der Waals surface area contributed by atoms with Crippen LogP contribution in [0.1, 0.15) is 37.8 Å². The van der Waals surface area contributed by atoms with Gasteiger partial charge in [0, 0.05) is 37.8 Å². The largest absolute Gasteiger partial charge is 0.356 e. The molecule has 3 N–H and O–H groups in total. The molecule has 1 aromatic heterocycles. The Labute approximate surface area is 119 Å². The lowest BCUT2D eigenvalue weighted by molar-refractivity contribution is -0.124. The molecule has 0 spiro atoms. The van der Waals surface area contributed by atoms with E-state index in [1.165, 1.54) is 0 Å². The van der Waals surface area contributed by atoms with E-state index in [4.69, 9.17) is 5.73 Å². The number of carbonyl (C=O) groups excluding carboxylic acids is 1. The van der Waals surface area contributed by atoms with Crippen molar-refractivity contribution in [2.45, 2.75) is 38.3 Å². The fourth-order valence-corrected chi connectivity index (χ4v) is 3.17. The standard InChI is InChI=1S/C15H22N4O/c1-10(16)11-2-4-14(17-8-11)19-7-6-13-12(9-19)3-5-15(20)18-13/h2,4,8,10,12-13H,3,5-7,9,16H2,1H3,(H,18,20). The molecule has 3 rings (SSSR count). The highest BCUT2D eigenvalue weighted by atomic mass is 16.1. The van der Waals surface area contributed by atoms with Gasteiger partial charge in [0.15, 0.2) is 0 Å². The molecule has 2 saturated heterocycles. The first-order valence-corrected chi connectivity index (χ1v) is 7.39. The van der Waals surface area contributed by atoms with Crippen LogP contribution >= 0.6 is 0 Å². The Hall–Kier alpha value is -1.62. The van der Waals surface area contributed by atoms with Crippen molar-refractivity contribution < 1.29 is 4.79 Å². The van der Waals surface area contributed by atoms with Gasteiger partial charge >= 0.3 is 0 Å². The van der Waals surface area contributed by atoms with Crippen molar-refractivity contribution in [3.8, 4) is 0 Å². The smallest absolute Gasteiger partial charge is 0.220 e. The average Bonchev–Trinajstić information content (AvgIpc) is 2.47. The molecule has 3 atom stereocenters. The summed E-state index contributed by atoms with van der Waals surface area (Å²) < 4.78 is 0. The summed E-state index contributed by atoms with van der Waals surface area (Å²) in [5.74, 6) is 1.78. The van der Waals surface area contributed by atoms with Gasteiger partial charge in [-0.15, -0.1) is 0 Å². The Bertz CT molecular complexity index is 485. The molecule has 3 unspecified atom stereocenters. The second kappa shape index (κ2) is 5.40. The summed E-state index contributed by atoms with van der Waals surface area (Å²) in [6, 6.07) is 4.49. The number of nitrogens with one attached hydrogen (secondary N) is 1. The molecule has 5 heteroatoms. The predicted molar refractivity (Wildman–Crippen MR) is 78.3 cm³/mol. The van der Waals surface area contributed by atoms with E-state index in [0.29, 0.717) is 18.4 Å². The number of pyridine rings is 1. The molecule has 3 heterocycles. The topological polar surface area (TPSA) is 71.2 Å². The van der Waals surface area contributed by atoms with Gasteiger partial charge < -0.3 is 16.0 Å². The summed E-state index contributed by atoms with van der Waals surface area (Å²) in [6.45, 7) is 3.90. The number of fused-ring (bicyclic) bond motifs is 1. The highest BCUT2D eigenvalue weighted by Gasteiger charge is 2.34. The van der Waals surface area contributed by atoms with Crippen LogP contribution in [-0.2, 0) is 4.79 Å². The second-order valence-corrected chi connectivity index (χ2v) is 5.95. The van der Waals surface area contributed by atoms with Crippen molar-refractivity contribution in [3.05, 3.63) is 23.9 Å². The Balaban J connectivity index is 1.68.